The Hall–Kier alpha value is -0.310. The lowest BCUT2D eigenvalue weighted by molar-refractivity contribution is 0.323. The average molecular weight is 76.1 g/mol. The highest BCUT2D eigenvalue weighted by Crippen LogP contribution is 1.52. The summed E-state index contributed by atoms with van der Waals surface area (Å²) in [7, 11) is 0. The summed E-state index contributed by atoms with van der Waals surface area (Å²) in [5.41, 5.74) is 0.889. The molecule has 0 aliphatic rings. The zero-order valence-electron chi connectivity index (χ0n) is 1.88. The van der Waals surface area contributed by atoms with Crippen LogP contribution in [-0.4, -0.2) is 10.8 Å². The summed E-state index contributed by atoms with van der Waals surface area (Å²) in [5.74, 6) is 0. The Morgan fingerprint density at radius 1 is 2.00 bits per heavy atom. The SMILES string of the molecule is O/N=C/[S]. The van der Waals surface area contributed by atoms with Crippen molar-refractivity contribution >= 4 is 18.2 Å². The molecule has 0 aliphatic carbocycles. The molecule has 0 saturated carbocycles. The fraction of sp³-hybridized carbons (Fsp3) is 0. The predicted molar refractivity (Wildman–Crippen MR) is 17.9 cm³/mol. The molecule has 23 valence electrons. The maximum Gasteiger partial charge on any atom is 0.129 e. The van der Waals surface area contributed by atoms with Gasteiger partial charge in [-0.25, -0.2) is 0 Å². The van der Waals surface area contributed by atoms with Crippen molar-refractivity contribution < 1.29 is 5.21 Å². The smallest absolute Gasteiger partial charge is 0.129 e. The first-order valence-electron chi connectivity index (χ1n) is 0.694. The van der Waals surface area contributed by atoms with E-state index in [-0.39, 0.29) is 0 Å². The number of rotatable bonds is 0. The molecule has 0 bridgehead atoms. The van der Waals surface area contributed by atoms with E-state index >= 15 is 0 Å². The van der Waals surface area contributed by atoms with E-state index in [4.69, 9.17) is 5.21 Å². The van der Waals surface area contributed by atoms with Gasteiger partial charge in [0.2, 0.25) is 0 Å². The lowest BCUT2D eigenvalue weighted by atomic mass is 11.7. The van der Waals surface area contributed by atoms with E-state index in [0.717, 1.165) is 5.55 Å². The van der Waals surface area contributed by atoms with Gasteiger partial charge in [0.25, 0.3) is 0 Å². The highest BCUT2D eigenvalue weighted by Gasteiger charge is 1.38. The van der Waals surface area contributed by atoms with Crippen LogP contribution in [0.4, 0.5) is 0 Å². The van der Waals surface area contributed by atoms with Crippen LogP contribution in [0.15, 0.2) is 5.16 Å². The quantitative estimate of drug-likeness (QED) is 0.195. The molecule has 0 amide bonds. The number of nitrogens with zero attached hydrogens (tertiary/aromatic N) is 1. The van der Waals surface area contributed by atoms with Crippen molar-refractivity contribution in [2.75, 3.05) is 0 Å². The van der Waals surface area contributed by atoms with Crippen molar-refractivity contribution in [2.24, 2.45) is 5.16 Å². The second kappa shape index (κ2) is 2.69. The first-order chi connectivity index (χ1) is 1.91. The van der Waals surface area contributed by atoms with Gasteiger partial charge < -0.3 is 5.21 Å². The van der Waals surface area contributed by atoms with Crippen LogP contribution in [0.5, 0.6) is 0 Å². The van der Waals surface area contributed by atoms with E-state index in [1.165, 1.54) is 0 Å². The third-order valence-electron chi connectivity index (χ3n) is 0.0471. The van der Waals surface area contributed by atoms with Gasteiger partial charge in [0.15, 0.2) is 0 Å². The molecular formula is CH2NOS. The topological polar surface area (TPSA) is 32.6 Å². The predicted octanol–water partition coefficient (Wildman–Crippen LogP) is 0.601. The van der Waals surface area contributed by atoms with Crippen LogP contribution in [-0.2, 0) is 0 Å². The number of oxime groups is 1. The minimum atomic E-state index is 0.889. The summed E-state index contributed by atoms with van der Waals surface area (Å²) < 4.78 is 0. The van der Waals surface area contributed by atoms with E-state index in [1.54, 1.807) is 0 Å². The monoisotopic (exact) mass is 76.0 g/mol. The molecule has 3 heteroatoms. The summed E-state index contributed by atoms with van der Waals surface area (Å²) in [4.78, 5) is 0. The third kappa shape index (κ3) is 1.69. The maximum atomic E-state index is 7.34. The summed E-state index contributed by atoms with van der Waals surface area (Å²) in [6, 6.07) is 0. The molecule has 0 heterocycles. The second-order valence-corrected chi connectivity index (χ2v) is 0.432. The molecule has 0 aliphatic heterocycles. The van der Waals surface area contributed by atoms with E-state index in [9.17, 15) is 0 Å². The molecule has 0 rings (SSSR count). The minimum absolute atomic E-state index is 0.889. The van der Waals surface area contributed by atoms with Gasteiger partial charge in [-0.3, -0.25) is 0 Å². The van der Waals surface area contributed by atoms with Crippen LogP contribution in [0.1, 0.15) is 0 Å². The molecule has 0 unspecified atom stereocenters. The van der Waals surface area contributed by atoms with Crippen LogP contribution in [0.2, 0.25) is 0 Å². The van der Waals surface area contributed by atoms with Crippen molar-refractivity contribution in [3.8, 4) is 0 Å². The highest BCUT2D eigenvalue weighted by atomic mass is 32.1. The summed E-state index contributed by atoms with van der Waals surface area (Å²) in [6.45, 7) is 0. The van der Waals surface area contributed by atoms with E-state index in [2.05, 4.69) is 17.8 Å². The summed E-state index contributed by atoms with van der Waals surface area (Å²) in [5, 5.41) is 9.77. The molecule has 0 aromatic heterocycles. The van der Waals surface area contributed by atoms with Crippen LogP contribution < -0.4 is 0 Å². The number of hydrogen-bond donors (Lipinski definition) is 1. The van der Waals surface area contributed by atoms with Gasteiger partial charge in [0.1, 0.15) is 5.55 Å². The highest BCUT2D eigenvalue weighted by molar-refractivity contribution is 7.94. The van der Waals surface area contributed by atoms with Gasteiger partial charge in [0.05, 0.1) is 0 Å². The van der Waals surface area contributed by atoms with Crippen molar-refractivity contribution in [1.82, 2.24) is 0 Å². The molecule has 0 aromatic rings. The van der Waals surface area contributed by atoms with Crippen molar-refractivity contribution in [2.45, 2.75) is 0 Å². The molecule has 0 fully saturated rings. The minimum Gasteiger partial charge on any atom is -0.410 e. The van der Waals surface area contributed by atoms with Crippen molar-refractivity contribution in [3.63, 3.8) is 0 Å². The third-order valence-corrected chi connectivity index (χ3v) is 0.141. The molecule has 0 spiro atoms. The Morgan fingerprint density at radius 2 is 2.25 bits per heavy atom. The van der Waals surface area contributed by atoms with Gasteiger partial charge in [-0.15, -0.1) is 0 Å². The van der Waals surface area contributed by atoms with Gasteiger partial charge >= 0.3 is 0 Å². The van der Waals surface area contributed by atoms with Crippen LogP contribution in [0.3, 0.4) is 0 Å². The van der Waals surface area contributed by atoms with Crippen LogP contribution >= 0.6 is 12.6 Å². The normalized spacial score (nSPS) is 9.00. The van der Waals surface area contributed by atoms with Crippen LogP contribution in [0.25, 0.3) is 0 Å². The molecular weight excluding hydrogens is 74.1 g/mol. The molecule has 4 heavy (non-hydrogen) atoms. The Morgan fingerprint density at radius 3 is 2.25 bits per heavy atom. The summed E-state index contributed by atoms with van der Waals surface area (Å²) >= 11 is 4.01. The molecule has 0 saturated heterocycles. The van der Waals surface area contributed by atoms with Crippen molar-refractivity contribution in [1.29, 1.82) is 0 Å². The van der Waals surface area contributed by atoms with Gasteiger partial charge in [0, 0.05) is 0 Å². The molecule has 0 aromatic carbocycles. The maximum absolute atomic E-state index is 7.34. The Kier molecular flexibility index (Phi) is 2.48. The largest absolute Gasteiger partial charge is 0.410 e. The van der Waals surface area contributed by atoms with E-state index < -0.39 is 0 Å². The van der Waals surface area contributed by atoms with E-state index in [1.807, 2.05) is 0 Å². The summed E-state index contributed by atoms with van der Waals surface area (Å²) in [6.07, 6.45) is 0. The molecule has 0 atom stereocenters. The van der Waals surface area contributed by atoms with Crippen LogP contribution in [0, 0.1) is 0 Å². The Balaban J connectivity index is 2.55. The molecule has 2 nitrogen and oxygen atoms in total. The second-order valence-electron chi connectivity index (χ2n) is 0.221. The van der Waals surface area contributed by atoms with Gasteiger partial charge in [-0.1, -0.05) is 17.8 Å². The first kappa shape index (κ1) is 3.69. The first-order valence-corrected chi connectivity index (χ1v) is 1.17. The zero-order valence-corrected chi connectivity index (χ0v) is 2.70. The Labute approximate surface area is 29.5 Å². The fourth-order valence-electron chi connectivity index (χ4n) is 0. The molecule has 1 N–H and O–H groups in total. The van der Waals surface area contributed by atoms with E-state index in [0.29, 0.717) is 0 Å². The Bertz CT molecular complexity index is 23.2. The molecule has 1 radical (unpaired) electrons. The fourth-order valence-corrected chi connectivity index (χ4v) is 0. The number of hydrogen-bond acceptors (Lipinski definition) is 2. The zero-order chi connectivity index (χ0) is 3.41. The standard InChI is InChI=1S/CH2NOS/c3-2-1-4/h1,3H/b2-1+. The lowest BCUT2D eigenvalue weighted by Gasteiger charge is -1.51. The average Bonchev–Trinajstić information content (AvgIpc) is 1.37. The lowest BCUT2D eigenvalue weighted by Crippen LogP contribution is -1.43. The van der Waals surface area contributed by atoms with Gasteiger partial charge in [-0.2, -0.15) is 0 Å². The van der Waals surface area contributed by atoms with Crippen molar-refractivity contribution in [3.05, 3.63) is 0 Å². The van der Waals surface area contributed by atoms with Gasteiger partial charge in [-0.05, 0) is 0 Å².